The molecule has 1 aliphatic carbocycles. The molecule has 1 fully saturated rings. The van der Waals surface area contributed by atoms with Crippen molar-refractivity contribution in [1.82, 2.24) is 4.98 Å². The fourth-order valence-corrected chi connectivity index (χ4v) is 4.44. The summed E-state index contributed by atoms with van der Waals surface area (Å²) in [6.45, 7) is 3.22. The number of benzene rings is 1. The Kier molecular flexibility index (Phi) is 5.19. The summed E-state index contributed by atoms with van der Waals surface area (Å²) >= 11 is 0. The van der Waals surface area contributed by atoms with Crippen LogP contribution in [0.25, 0.3) is 11.0 Å². The van der Waals surface area contributed by atoms with E-state index < -0.39 is 18.6 Å². The number of carbonyl (C=O) groups excluding carboxylic acids is 2. The third kappa shape index (κ3) is 3.64. The molecule has 162 valence electrons. The van der Waals surface area contributed by atoms with Crippen LogP contribution in [0, 0.1) is 13.8 Å². The second-order valence-corrected chi connectivity index (χ2v) is 8.89. The third-order valence-corrected chi connectivity index (χ3v) is 6.41. The van der Waals surface area contributed by atoms with Crippen molar-refractivity contribution in [1.29, 1.82) is 0 Å². The molecule has 0 spiro atoms. The molecule has 7 heteroatoms. The summed E-state index contributed by atoms with van der Waals surface area (Å²) in [6, 6.07) is 11.0. The van der Waals surface area contributed by atoms with Crippen LogP contribution < -0.4 is 5.73 Å². The summed E-state index contributed by atoms with van der Waals surface area (Å²) in [5.74, 6) is 0.148. The number of amides is 2. The normalized spacial score (nSPS) is 19.4. The van der Waals surface area contributed by atoms with E-state index in [1.807, 2.05) is 37.3 Å². The number of aryl methyl sites for hydroxylation is 2. The van der Waals surface area contributed by atoms with E-state index in [4.69, 9.17) is 10.2 Å². The van der Waals surface area contributed by atoms with Gasteiger partial charge in [0.2, 0.25) is 0 Å². The summed E-state index contributed by atoms with van der Waals surface area (Å²) in [5.41, 5.74) is 9.71. The fourth-order valence-electron chi connectivity index (χ4n) is 4.44. The Morgan fingerprint density at radius 2 is 1.97 bits per heavy atom. The molecule has 3 unspecified atom stereocenters. The SMILES string of the molecule is Cc1cccc(C2CC2c2ccc3oc(C)c(C(=O)[N+](C)(C)C(CO)C(N)=O)c3c2)n1. The molecule has 7 nitrogen and oxygen atoms in total. The molecule has 1 aromatic carbocycles. The number of hydrogen-bond donors (Lipinski definition) is 2. The zero-order chi connectivity index (χ0) is 22.5. The van der Waals surface area contributed by atoms with Gasteiger partial charge < -0.3 is 15.3 Å². The van der Waals surface area contributed by atoms with Crippen LogP contribution in [0.15, 0.2) is 40.8 Å². The van der Waals surface area contributed by atoms with Crippen molar-refractivity contribution in [3.05, 3.63) is 64.7 Å². The zero-order valence-corrected chi connectivity index (χ0v) is 18.3. The van der Waals surface area contributed by atoms with E-state index in [1.165, 1.54) is 0 Å². The minimum Gasteiger partial charge on any atom is -0.460 e. The largest absolute Gasteiger partial charge is 0.460 e. The number of pyridine rings is 1. The van der Waals surface area contributed by atoms with Crippen molar-refractivity contribution in [2.24, 2.45) is 5.73 Å². The number of aliphatic hydroxyl groups is 1. The van der Waals surface area contributed by atoms with Gasteiger partial charge in [0.05, 0.1) is 14.1 Å². The maximum absolute atomic E-state index is 13.5. The lowest BCUT2D eigenvalue weighted by molar-refractivity contribution is -0.825. The number of quaternary nitrogens is 1. The number of furan rings is 1. The van der Waals surface area contributed by atoms with E-state index in [1.54, 1.807) is 21.0 Å². The Bertz CT molecular complexity index is 1180. The number of hydrogen-bond acceptors (Lipinski definition) is 5. The molecule has 1 saturated carbocycles. The van der Waals surface area contributed by atoms with Gasteiger partial charge in [-0.25, -0.2) is 9.28 Å². The van der Waals surface area contributed by atoms with Gasteiger partial charge in [0, 0.05) is 22.7 Å². The first-order valence-electron chi connectivity index (χ1n) is 10.4. The van der Waals surface area contributed by atoms with Crippen LogP contribution in [0.3, 0.4) is 0 Å². The van der Waals surface area contributed by atoms with E-state index in [-0.39, 0.29) is 10.4 Å². The quantitative estimate of drug-likeness (QED) is 0.594. The Hall–Kier alpha value is -3.03. The highest BCUT2D eigenvalue weighted by Gasteiger charge is 2.44. The molecule has 4 rings (SSSR count). The van der Waals surface area contributed by atoms with Gasteiger partial charge in [-0.3, -0.25) is 9.78 Å². The molecule has 2 heterocycles. The summed E-state index contributed by atoms with van der Waals surface area (Å²) < 4.78 is 5.47. The lowest BCUT2D eigenvalue weighted by atomic mass is 10.0. The van der Waals surface area contributed by atoms with E-state index in [9.17, 15) is 14.7 Å². The first-order valence-corrected chi connectivity index (χ1v) is 10.4. The lowest BCUT2D eigenvalue weighted by Crippen LogP contribution is -2.60. The Labute approximate surface area is 181 Å². The highest BCUT2D eigenvalue weighted by Crippen LogP contribution is 2.54. The summed E-state index contributed by atoms with van der Waals surface area (Å²) in [7, 11) is 3.16. The predicted octanol–water partition coefficient (Wildman–Crippen LogP) is 2.78. The second-order valence-electron chi connectivity index (χ2n) is 8.89. The van der Waals surface area contributed by atoms with Crippen LogP contribution in [0.4, 0.5) is 0 Å². The molecular formula is C24H28N3O4+. The molecule has 0 bridgehead atoms. The molecule has 3 N–H and O–H groups in total. The highest BCUT2D eigenvalue weighted by molar-refractivity contribution is 6.05. The molecule has 31 heavy (non-hydrogen) atoms. The number of carbonyl (C=O) groups is 2. The van der Waals surface area contributed by atoms with Crippen LogP contribution in [0.5, 0.6) is 0 Å². The molecule has 2 amide bonds. The van der Waals surface area contributed by atoms with Gasteiger partial charge >= 0.3 is 5.91 Å². The zero-order valence-electron chi connectivity index (χ0n) is 18.3. The van der Waals surface area contributed by atoms with Crippen molar-refractivity contribution < 1.29 is 23.6 Å². The average Bonchev–Trinajstić information content (AvgIpc) is 3.43. The molecule has 0 radical (unpaired) electrons. The van der Waals surface area contributed by atoms with Crippen molar-refractivity contribution in [3.63, 3.8) is 0 Å². The van der Waals surface area contributed by atoms with Crippen LogP contribution in [0.1, 0.15) is 51.3 Å². The summed E-state index contributed by atoms with van der Waals surface area (Å²) in [4.78, 5) is 29.9. The van der Waals surface area contributed by atoms with Crippen molar-refractivity contribution in [3.8, 4) is 0 Å². The smallest absolute Gasteiger partial charge is 0.350 e. The van der Waals surface area contributed by atoms with E-state index in [2.05, 4.69) is 11.1 Å². The minimum atomic E-state index is -1.04. The van der Waals surface area contributed by atoms with Crippen molar-refractivity contribution in [2.75, 3.05) is 20.7 Å². The molecule has 1 aliphatic rings. The topological polar surface area (TPSA) is 106 Å². The number of nitrogens with zero attached hydrogens (tertiary/aromatic N) is 2. The maximum atomic E-state index is 13.5. The van der Waals surface area contributed by atoms with Crippen LogP contribution in [0.2, 0.25) is 0 Å². The summed E-state index contributed by atoms with van der Waals surface area (Å²) in [6.07, 6.45) is 1.01. The Balaban J connectivity index is 1.71. The van der Waals surface area contributed by atoms with Crippen LogP contribution in [-0.4, -0.2) is 53.1 Å². The van der Waals surface area contributed by atoms with Gasteiger partial charge in [0.15, 0.2) is 6.04 Å². The number of aromatic nitrogens is 1. The van der Waals surface area contributed by atoms with Gasteiger partial charge in [-0.1, -0.05) is 12.1 Å². The number of fused-ring (bicyclic) bond motifs is 1. The number of primary amides is 1. The van der Waals surface area contributed by atoms with Crippen molar-refractivity contribution in [2.45, 2.75) is 38.1 Å². The molecule has 3 aromatic rings. The number of aliphatic hydroxyl groups excluding tert-OH is 1. The van der Waals surface area contributed by atoms with Crippen molar-refractivity contribution >= 4 is 22.8 Å². The van der Waals surface area contributed by atoms with E-state index >= 15 is 0 Å². The Morgan fingerprint density at radius 1 is 1.23 bits per heavy atom. The fraction of sp³-hybridized carbons (Fsp3) is 0.375. The van der Waals surface area contributed by atoms with Gasteiger partial charge in [-0.15, -0.1) is 0 Å². The van der Waals surface area contributed by atoms with Gasteiger partial charge in [0.1, 0.15) is 23.5 Å². The molecular weight excluding hydrogens is 394 g/mol. The average molecular weight is 423 g/mol. The standard InChI is InChI=1S/C24H27N3O4/c1-13-6-5-7-19(26-13)17-11-16(17)15-8-9-21-18(10-15)22(14(2)31-21)24(30)27(3,4)20(12-28)23(25)29/h5-10,16-17,20,28H,11-12H2,1-4H3,(H-,25,29)/p+1. The number of rotatable bonds is 6. The monoisotopic (exact) mass is 422 g/mol. The molecule has 0 saturated heterocycles. The molecule has 3 atom stereocenters. The second kappa shape index (κ2) is 7.59. The molecule has 2 aromatic heterocycles. The highest BCUT2D eigenvalue weighted by atomic mass is 16.3. The van der Waals surface area contributed by atoms with E-state index in [0.29, 0.717) is 28.7 Å². The van der Waals surface area contributed by atoms with Gasteiger partial charge in [-0.05, 0) is 56.0 Å². The summed E-state index contributed by atoms with van der Waals surface area (Å²) in [5, 5.41) is 10.4. The number of likely N-dealkylation sites (N-methyl/N-ethyl adjacent to an activating group) is 1. The first-order chi connectivity index (χ1) is 14.6. The maximum Gasteiger partial charge on any atom is 0.350 e. The third-order valence-electron chi connectivity index (χ3n) is 6.41. The lowest BCUT2D eigenvalue weighted by Gasteiger charge is -2.32. The minimum absolute atomic E-state index is 0.320. The van der Waals surface area contributed by atoms with Crippen LogP contribution >= 0.6 is 0 Å². The number of nitrogens with two attached hydrogens (primary N) is 1. The van der Waals surface area contributed by atoms with E-state index in [0.717, 1.165) is 28.8 Å². The first kappa shape index (κ1) is 21.2. The Morgan fingerprint density at radius 3 is 2.61 bits per heavy atom. The van der Waals surface area contributed by atoms with Gasteiger partial charge in [0.25, 0.3) is 5.91 Å². The molecule has 0 aliphatic heterocycles. The van der Waals surface area contributed by atoms with Gasteiger partial charge in [-0.2, -0.15) is 0 Å². The van der Waals surface area contributed by atoms with Crippen LogP contribution in [-0.2, 0) is 4.79 Å². The predicted molar refractivity (Wildman–Crippen MR) is 117 cm³/mol.